The van der Waals surface area contributed by atoms with Crippen LogP contribution in [0.5, 0.6) is 5.75 Å². The Morgan fingerprint density at radius 1 is 1.17 bits per heavy atom. The highest BCUT2D eigenvalue weighted by Crippen LogP contribution is 2.34. The summed E-state index contributed by atoms with van der Waals surface area (Å²) in [5.74, 6) is 0.746. The van der Waals surface area contributed by atoms with E-state index in [4.69, 9.17) is 9.26 Å². The van der Waals surface area contributed by atoms with Crippen molar-refractivity contribution in [2.75, 3.05) is 43.4 Å². The number of carbonyl (C=O) groups excluding carboxylic acids is 2. The Labute approximate surface area is 201 Å². The molecular weight excluding hydrogens is 453 g/mol. The van der Waals surface area contributed by atoms with Crippen molar-refractivity contribution in [3.8, 4) is 16.9 Å². The van der Waals surface area contributed by atoms with Crippen molar-refractivity contribution in [1.29, 1.82) is 0 Å². The fraction of sp³-hybridized carbons (Fsp3) is 0.320. The molecule has 0 radical (unpaired) electrons. The van der Waals surface area contributed by atoms with Crippen LogP contribution in [0.25, 0.3) is 11.1 Å². The van der Waals surface area contributed by atoms with Crippen LogP contribution >= 0.6 is 0 Å². The molecule has 3 aromatic rings. The molecule has 1 atom stereocenters. The molecule has 2 aromatic carbocycles. The predicted octanol–water partition coefficient (Wildman–Crippen LogP) is 3.65. The summed E-state index contributed by atoms with van der Waals surface area (Å²) in [6.07, 6.45) is 0. The molecule has 0 bridgehead atoms. The maximum Gasteiger partial charge on any atom is 0.321 e. The number of hydrogen-bond donors (Lipinski definition) is 2. The molecule has 0 aliphatic carbocycles. The predicted molar refractivity (Wildman–Crippen MR) is 128 cm³/mol. The van der Waals surface area contributed by atoms with Gasteiger partial charge in [-0.25, -0.2) is 9.18 Å². The normalized spacial score (nSPS) is 18.3. The molecule has 1 aromatic heterocycles. The van der Waals surface area contributed by atoms with Gasteiger partial charge in [-0.1, -0.05) is 11.2 Å². The minimum absolute atomic E-state index is 0.151. The number of aryl methyl sites for hydroxylation is 2. The number of urea groups is 1. The van der Waals surface area contributed by atoms with Gasteiger partial charge in [0.15, 0.2) is 0 Å². The first-order valence-electron chi connectivity index (χ1n) is 11.4. The molecule has 35 heavy (non-hydrogen) atoms. The maximum atomic E-state index is 13.2. The quantitative estimate of drug-likeness (QED) is 0.582. The molecule has 1 fully saturated rings. The van der Waals surface area contributed by atoms with E-state index in [2.05, 4.69) is 15.8 Å². The SMILES string of the molecule is Cc1noc(C)c1-c1ccc2c(c1)NC(=O)CN1CCN(C(=O)Nc3ccc(F)cc3)C[C@@H]1CO2. The average Bonchev–Trinajstić information content (AvgIpc) is 3.20. The first-order chi connectivity index (χ1) is 16.9. The van der Waals surface area contributed by atoms with Gasteiger partial charge >= 0.3 is 6.03 Å². The fourth-order valence-electron chi connectivity index (χ4n) is 4.54. The van der Waals surface area contributed by atoms with Crippen LogP contribution in [0.1, 0.15) is 11.5 Å². The van der Waals surface area contributed by atoms with E-state index < -0.39 is 0 Å². The molecule has 3 heterocycles. The number of piperazine rings is 1. The highest BCUT2D eigenvalue weighted by Gasteiger charge is 2.32. The van der Waals surface area contributed by atoms with Gasteiger partial charge in [0.05, 0.1) is 24.0 Å². The van der Waals surface area contributed by atoms with Crippen LogP contribution in [0.3, 0.4) is 0 Å². The molecule has 10 heteroatoms. The highest BCUT2D eigenvalue weighted by molar-refractivity contribution is 5.95. The Bertz CT molecular complexity index is 1240. The zero-order chi connectivity index (χ0) is 24.5. The molecule has 5 rings (SSSR count). The molecule has 3 amide bonds. The van der Waals surface area contributed by atoms with Crippen molar-refractivity contribution in [2.45, 2.75) is 19.9 Å². The molecule has 0 spiro atoms. The summed E-state index contributed by atoms with van der Waals surface area (Å²) in [4.78, 5) is 29.4. The number of benzene rings is 2. The molecule has 9 nitrogen and oxygen atoms in total. The Kier molecular flexibility index (Phi) is 6.12. The van der Waals surface area contributed by atoms with E-state index >= 15 is 0 Å². The summed E-state index contributed by atoms with van der Waals surface area (Å²) in [7, 11) is 0. The lowest BCUT2D eigenvalue weighted by atomic mass is 10.0. The number of fused-ring (bicyclic) bond motifs is 2. The number of aromatic nitrogens is 1. The molecule has 2 aliphatic rings. The van der Waals surface area contributed by atoms with Gasteiger partial charge in [0.1, 0.15) is 23.9 Å². The van der Waals surface area contributed by atoms with E-state index in [0.29, 0.717) is 49.1 Å². The van der Waals surface area contributed by atoms with Crippen LogP contribution in [0.4, 0.5) is 20.6 Å². The first kappa shape index (κ1) is 22.9. The largest absolute Gasteiger partial charge is 0.490 e. The van der Waals surface area contributed by atoms with Gasteiger partial charge in [0.25, 0.3) is 0 Å². The molecule has 2 aliphatic heterocycles. The van der Waals surface area contributed by atoms with E-state index in [1.54, 1.807) is 4.90 Å². The molecule has 182 valence electrons. The van der Waals surface area contributed by atoms with Crippen LogP contribution in [0.2, 0.25) is 0 Å². The lowest BCUT2D eigenvalue weighted by Crippen LogP contribution is -2.58. The topological polar surface area (TPSA) is 99.9 Å². The first-order valence-corrected chi connectivity index (χ1v) is 11.4. The van der Waals surface area contributed by atoms with Crippen molar-refractivity contribution in [3.63, 3.8) is 0 Å². The second-order valence-electron chi connectivity index (χ2n) is 8.78. The van der Waals surface area contributed by atoms with Crippen LogP contribution in [0, 0.1) is 19.7 Å². The van der Waals surface area contributed by atoms with Gasteiger partial charge < -0.3 is 24.8 Å². The van der Waals surface area contributed by atoms with Crippen molar-refractivity contribution in [2.24, 2.45) is 0 Å². The zero-order valence-electron chi connectivity index (χ0n) is 19.5. The third-order valence-electron chi connectivity index (χ3n) is 6.34. The van der Waals surface area contributed by atoms with Gasteiger partial charge in [0, 0.05) is 30.9 Å². The summed E-state index contributed by atoms with van der Waals surface area (Å²) in [5.41, 5.74) is 3.64. The van der Waals surface area contributed by atoms with Crippen LogP contribution in [0.15, 0.2) is 47.0 Å². The molecule has 2 N–H and O–H groups in total. The minimum Gasteiger partial charge on any atom is -0.490 e. The minimum atomic E-state index is -0.364. The molecule has 0 unspecified atom stereocenters. The smallest absolute Gasteiger partial charge is 0.321 e. The van der Waals surface area contributed by atoms with E-state index in [1.807, 2.05) is 36.9 Å². The standard InChI is InChI=1S/C25H26FN5O4/c1-15-24(16(2)35-29-15)17-3-8-22-21(11-17)28-23(32)13-30-9-10-31(12-20(30)14-34-22)25(33)27-19-6-4-18(26)5-7-19/h3-8,11,20H,9-10,12-14H2,1-2H3,(H,27,33)(H,28,32)/t20-/m1/s1. The van der Waals surface area contributed by atoms with E-state index in [9.17, 15) is 14.0 Å². The highest BCUT2D eigenvalue weighted by atomic mass is 19.1. The number of nitrogens with zero attached hydrogens (tertiary/aromatic N) is 3. The second-order valence-corrected chi connectivity index (χ2v) is 8.78. The number of anilines is 2. The number of hydrogen-bond acceptors (Lipinski definition) is 6. The Balaban J connectivity index is 1.32. The zero-order valence-corrected chi connectivity index (χ0v) is 19.5. The van der Waals surface area contributed by atoms with Gasteiger partial charge in [-0.3, -0.25) is 9.69 Å². The average molecular weight is 480 g/mol. The Morgan fingerprint density at radius 2 is 1.97 bits per heavy atom. The summed E-state index contributed by atoms with van der Waals surface area (Å²) in [6, 6.07) is 10.8. The van der Waals surface area contributed by atoms with E-state index in [-0.39, 0.29) is 30.3 Å². The van der Waals surface area contributed by atoms with Crippen LogP contribution in [-0.4, -0.2) is 65.7 Å². The van der Waals surface area contributed by atoms with Crippen LogP contribution < -0.4 is 15.4 Å². The second kappa shape index (κ2) is 9.38. The number of ether oxygens (including phenoxy) is 1. The lowest BCUT2D eigenvalue weighted by molar-refractivity contribution is -0.118. The fourth-order valence-corrected chi connectivity index (χ4v) is 4.54. The van der Waals surface area contributed by atoms with Crippen molar-refractivity contribution in [3.05, 3.63) is 59.7 Å². The number of carbonyl (C=O) groups is 2. The molecule has 0 saturated carbocycles. The van der Waals surface area contributed by atoms with Crippen molar-refractivity contribution in [1.82, 2.24) is 15.0 Å². The number of amides is 3. The lowest BCUT2D eigenvalue weighted by Gasteiger charge is -2.40. The number of rotatable bonds is 2. The monoisotopic (exact) mass is 479 g/mol. The maximum absolute atomic E-state index is 13.2. The van der Waals surface area contributed by atoms with E-state index in [0.717, 1.165) is 16.8 Å². The van der Waals surface area contributed by atoms with E-state index in [1.165, 1.54) is 24.3 Å². The Morgan fingerprint density at radius 3 is 2.71 bits per heavy atom. The summed E-state index contributed by atoms with van der Waals surface area (Å²) < 4.78 is 24.6. The van der Waals surface area contributed by atoms with Crippen molar-refractivity contribution < 1.29 is 23.2 Å². The number of halogens is 1. The van der Waals surface area contributed by atoms with Gasteiger partial charge in [0.2, 0.25) is 5.91 Å². The Hall–Kier alpha value is -3.92. The summed E-state index contributed by atoms with van der Waals surface area (Å²) >= 11 is 0. The third-order valence-corrected chi connectivity index (χ3v) is 6.34. The summed E-state index contributed by atoms with van der Waals surface area (Å²) in [5, 5.41) is 9.78. The summed E-state index contributed by atoms with van der Waals surface area (Å²) in [6.45, 7) is 5.61. The molecule has 1 saturated heterocycles. The third kappa shape index (κ3) is 4.83. The molecular formula is C25H26FN5O4. The van der Waals surface area contributed by atoms with Gasteiger partial charge in [-0.15, -0.1) is 0 Å². The number of nitrogens with one attached hydrogen (secondary N) is 2. The van der Waals surface area contributed by atoms with Gasteiger partial charge in [-0.05, 0) is 55.8 Å². The van der Waals surface area contributed by atoms with Crippen molar-refractivity contribution >= 4 is 23.3 Å². The van der Waals surface area contributed by atoms with Gasteiger partial charge in [-0.2, -0.15) is 0 Å². The van der Waals surface area contributed by atoms with Crippen LogP contribution in [-0.2, 0) is 4.79 Å².